The first-order chi connectivity index (χ1) is 14.9. The predicted molar refractivity (Wildman–Crippen MR) is 119 cm³/mol. The molecule has 1 aliphatic rings. The molecule has 0 radical (unpaired) electrons. The number of rotatable bonds is 6. The molecule has 0 aromatic heterocycles. The van der Waals surface area contributed by atoms with Gasteiger partial charge in [-0.25, -0.2) is 4.79 Å². The quantitative estimate of drug-likeness (QED) is 0.670. The van der Waals surface area contributed by atoms with Crippen molar-refractivity contribution >= 4 is 18.0 Å². The topological polar surface area (TPSA) is 102 Å². The van der Waals surface area contributed by atoms with Gasteiger partial charge < -0.3 is 15.7 Å². The largest absolute Gasteiger partial charge is 0.478 e. The van der Waals surface area contributed by atoms with Crippen molar-refractivity contribution in [3.8, 4) is 6.07 Å². The summed E-state index contributed by atoms with van der Waals surface area (Å²) in [5.74, 6) is -2.19. The number of dihydropyridines is 1. The fourth-order valence-electron chi connectivity index (χ4n) is 3.67. The summed E-state index contributed by atoms with van der Waals surface area (Å²) in [5.41, 5.74) is 3.67. The fraction of sp³-hybridized carbons (Fsp3) is 0.160. The van der Waals surface area contributed by atoms with Crippen molar-refractivity contribution < 1.29 is 14.7 Å². The third kappa shape index (κ3) is 4.90. The molecule has 1 aliphatic heterocycles. The number of benzene rings is 2. The number of allylic oxidation sites excluding steroid dienone is 2. The van der Waals surface area contributed by atoms with Gasteiger partial charge in [-0.15, -0.1) is 0 Å². The first-order valence-electron chi connectivity index (χ1n) is 9.84. The van der Waals surface area contributed by atoms with Crippen molar-refractivity contribution in [1.29, 1.82) is 5.26 Å². The summed E-state index contributed by atoms with van der Waals surface area (Å²) in [5, 5.41) is 24.8. The van der Waals surface area contributed by atoms with Gasteiger partial charge in [0, 0.05) is 23.5 Å². The van der Waals surface area contributed by atoms with Crippen LogP contribution in [0.5, 0.6) is 0 Å². The van der Waals surface area contributed by atoms with Gasteiger partial charge in [-0.2, -0.15) is 5.26 Å². The molecule has 2 aromatic carbocycles. The Morgan fingerprint density at radius 3 is 2.32 bits per heavy atom. The summed E-state index contributed by atoms with van der Waals surface area (Å²) in [4.78, 5) is 25.1. The molecule has 0 fully saturated rings. The first kappa shape index (κ1) is 21.6. The highest BCUT2D eigenvalue weighted by Gasteiger charge is 2.36. The Balaban J connectivity index is 1.88. The molecule has 1 unspecified atom stereocenters. The van der Waals surface area contributed by atoms with Crippen LogP contribution in [0.25, 0.3) is 6.08 Å². The summed E-state index contributed by atoms with van der Waals surface area (Å²) in [6.07, 6.45) is 3.75. The number of hydrogen-bond acceptors (Lipinski definition) is 4. The zero-order valence-corrected chi connectivity index (χ0v) is 17.3. The van der Waals surface area contributed by atoms with E-state index in [4.69, 9.17) is 5.26 Å². The number of amides is 1. The maximum Gasteiger partial charge on any atom is 0.334 e. The Bertz CT molecular complexity index is 1120. The van der Waals surface area contributed by atoms with Crippen molar-refractivity contribution in [2.24, 2.45) is 0 Å². The Kier molecular flexibility index (Phi) is 6.68. The van der Waals surface area contributed by atoms with Gasteiger partial charge in [0.15, 0.2) is 0 Å². The first-order valence-corrected chi connectivity index (χ1v) is 9.84. The molecule has 3 rings (SSSR count). The van der Waals surface area contributed by atoms with Gasteiger partial charge >= 0.3 is 5.97 Å². The fourth-order valence-corrected chi connectivity index (χ4v) is 3.67. The molecule has 3 N–H and O–H groups in total. The Morgan fingerprint density at radius 1 is 1.06 bits per heavy atom. The van der Waals surface area contributed by atoms with Gasteiger partial charge in [-0.3, -0.25) is 4.79 Å². The van der Waals surface area contributed by atoms with Gasteiger partial charge in [0.1, 0.15) is 0 Å². The number of hydrogen-bond donors (Lipinski definition) is 3. The number of carboxylic acids is 1. The molecule has 0 bridgehead atoms. The average Bonchev–Trinajstić information content (AvgIpc) is 2.76. The lowest BCUT2D eigenvalue weighted by molar-refractivity contribution is -0.133. The zero-order chi connectivity index (χ0) is 22.4. The number of nitrogens with one attached hydrogen (secondary N) is 2. The molecule has 6 nitrogen and oxygen atoms in total. The van der Waals surface area contributed by atoms with Gasteiger partial charge in [0.2, 0.25) is 5.91 Å². The summed E-state index contributed by atoms with van der Waals surface area (Å²) < 4.78 is 0. The Hall–Kier alpha value is -4.11. The number of carboxylic acid groups (broad SMARTS) is 1. The van der Waals surface area contributed by atoms with Crippen LogP contribution in [0, 0.1) is 11.3 Å². The molecule has 1 atom stereocenters. The van der Waals surface area contributed by atoms with Crippen LogP contribution in [0.1, 0.15) is 36.5 Å². The lowest BCUT2D eigenvalue weighted by Gasteiger charge is -2.30. The third-order valence-electron chi connectivity index (χ3n) is 5.10. The standard InChI is InChI=1S/C25H23N3O3/c1-16-21(24(29)27-14-6-9-18-7-4-3-5-8-18)23(22(25(30)31)17(2)28-16)20-12-10-19(15-26)11-13-20/h3-13,23,28H,14H2,1-2H3,(H,27,29)(H,30,31)/b9-6+. The molecule has 0 aliphatic carbocycles. The lowest BCUT2D eigenvalue weighted by Crippen LogP contribution is -2.36. The van der Waals surface area contributed by atoms with Gasteiger partial charge in [0.25, 0.3) is 0 Å². The second-order valence-corrected chi connectivity index (χ2v) is 7.20. The lowest BCUT2D eigenvalue weighted by atomic mass is 9.80. The monoisotopic (exact) mass is 413 g/mol. The van der Waals surface area contributed by atoms with E-state index in [1.54, 1.807) is 38.1 Å². The molecule has 2 aromatic rings. The average molecular weight is 413 g/mol. The van der Waals surface area contributed by atoms with Crippen molar-refractivity contribution in [1.82, 2.24) is 10.6 Å². The maximum absolute atomic E-state index is 13.1. The van der Waals surface area contributed by atoms with Gasteiger partial charge in [-0.05, 0) is 37.1 Å². The van der Waals surface area contributed by atoms with E-state index in [1.165, 1.54) is 0 Å². The zero-order valence-electron chi connectivity index (χ0n) is 17.3. The van der Waals surface area contributed by atoms with E-state index in [1.807, 2.05) is 42.5 Å². The molecular weight excluding hydrogens is 390 g/mol. The number of carbonyl (C=O) groups excluding carboxylic acids is 1. The van der Waals surface area contributed by atoms with E-state index < -0.39 is 11.9 Å². The van der Waals surface area contributed by atoms with E-state index in [9.17, 15) is 14.7 Å². The van der Waals surface area contributed by atoms with Gasteiger partial charge in [0.05, 0.1) is 23.1 Å². The highest BCUT2D eigenvalue weighted by molar-refractivity contribution is 6.01. The molecule has 0 spiro atoms. The number of aliphatic carboxylic acids is 1. The van der Waals surface area contributed by atoms with Crippen molar-refractivity contribution in [3.05, 3.63) is 99.9 Å². The second kappa shape index (κ2) is 9.59. The van der Waals surface area contributed by atoms with Gasteiger partial charge in [-0.1, -0.05) is 54.6 Å². The van der Waals surface area contributed by atoms with Crippen LogP contribution in [0.2, 0.25) is 0 Å². The van der Waals surface area contributed by atoms with E-state index in [0.29, 0.717) is 34.6 Å². The number of nitriles is 1. The van der Waals surface area contributed by atoms with E-state index >= 15 is 0 Å². The van der Waals surface area contributed by atoms with Crippen LogP contribution in [0.4, 0.5) is 0 Å². The van der Waals surface area contributed by atoms with Crippen LogP contribution in [-0.4, -0.2) is 23.5 Å². The minimum atomic E-state index is -1.10. The second-order valence-electron chi connectivity index (χ2n) is 7.20. The highest BCUT2D eigenvalue weighted by atomic mass is 16.4. The number of nitrogens with zero attached hydrogens (tertiary/aromatic N) is 1. The molecule has 0 saturated heterocycles. The summed E-state index contributed by atoms with van der Waals surface area (Å²) in [6, 6.07) is 18.4. The van der Waals surface area contributed by atoms with Crippen LogP contribution in [-0.2, 0) is 9.59 Å². The molecule has 156 valence electrons. The summed E-state index contributed by atoms with van der Waals surface area (Å²) >= 11 is 0. The normalized spacial score (nSPS) is 16.1. The van der Waals surface area contributed by atoms with E-state index in [2.05, 4.69) is 16.7 Å². The molecule has 1 amide bonds. The smallest absolute Gasteiger partial charge is 0.334 e. The summed E-state index contributed by atoms with van der Waals surface area (Å²) in [7, 11) is 0. The third-order valence-corrected chi connectivity index (χ3v) is 5.10. The molecule has 31 heavy (non-hydrogen) atoms. The van der Waals surface area contributed by atoms with Crippen LogP contribution < -0.4 is 10.6 Å². The predicted octanol–water partition coefficient (Wildman–Crippen LogP) is 3.71. The van der Waals surface area contributed by atoms with E-state index in [-0.39, 0.29) is 11.5 Å². The number of carbonyl (C=O) groups is 2. The minimum Gasteiger partial charge on any atom is -0.478 e. The molecular formula is C25H23N3O3. The minimum absolute atomic E-state index is 0.111. The van der Waals surface area contributed by atoms with Crippen molar-refractivity contribution in [2.75, 3.05) is 6.54 Å². The molecule has 0 saturated carbocycles. The highest BCUT2D eigenvalue weighted by Crippen LogP contribution is 2.38. The Morgan fingerprint density at radius 2 is 1.71 bits per heavy atom. The van der Waals surface area contributed by atoms with Crippen molar-refractivity contribution in [2.45, 2.75) is 19.8 Å². The van der Waals surface area contributed by atoms with E-state index in [0.717, 1.165) is 5.56 Å². The summed E-state index contributed by atoms with van der Waals surface area (Å²) in [6.45, 7) is 3.74. The maximum atomic E-state index is 13.1. The van der Waals surface area contributed by atoms with Crippen LogP contribution in [0.3, 0.4) is 0 Å². The van der Waals surface area contributed by atoms with Crippen LogP contribution >= 0.6 is 0 Å². The molecule has 1 heterocycles. The Labute approximate surface area is 181 Å². The van der Waals surface area contributed by atoms with Crippen LogP contribution in [0.15, 0.2) is 83.2 Å². The molecule has 6 heteroatoms. The SMILES string of the molecule is CC1=C(C(=O)O)C(c2ccc(C#N)cc2)C(C(=O)NC/C=C/c2ccccc2)=C(C)N1. The van der Waals surface area contributed by atoms with Crippen molar-refractivity contribution in [3.63, 3.8) is 0 Å².